The SMILES string of the molecule is CCOC(=O)C(=Nc1cc(Cl)c(O)c(Cl)c1)c1nc2ccccc2s1. The lowest BCUT2D eigenvalue weighted by molar-refractivity contribution is -0.134. The summed E-state index contributed by atoms with van der Waals surface area (Å²) in [6, 6.07) is 10.3. The Morgan fingerprint density at radius 1 is 1.28 bits per heavy atom. The van der Waals surface area contributed by atoms with Gasteiger partial charge in [0.05, 0.1) is 32.6 Å². The van der Waals surface area contributed by atoms with E-state index in [1.807, 2.05) is 24.3 Å². The molecule has 8 heteroatoms. The molecule has 0 bridgehead atoms. The molecule has 0 saturated heterocycles. The van der Waals surface area contributed by atoms with Gasteiger partial charge in [0.15, 0.2) is 16.5 Å². The molecule has 0 saturated carbocycles. The summed E-state index contributed by atoms with van der Waals surface area (Å²) in [6.07, 6.45) is 0. The molecule has 5 nitrogen and oxygen atoms in total. The third-order valence-electron chi connectivity index (χ3n) is 3.21. The van der Waals surface area contributed by atoms with Gasteiger partial charge in [-0.3, -0.25) is 0 Å². The van der Waals surface area contributed by atoms with E-state index in [0.717, 1.165) is 10.2 Å². The number of carbonyl (C=O) groups is 1. The van der Waals surface area contributed by atoms with Crippen LogP contribution in [0.15, 0.2) is 41.4 Å². The minimum atomic E-state index is -0.595. The molecule has 0 aliphatic carbocycles. The first-order valence-corrected chi connectivity index (χ1v) is 8.86. The lowest BCUT2D eigenvalue weighted by Crippen LogP contribution is -2.18. The fourth-order valence-electron chi connectivity index (χ4n) is 2.10. The van der Waals surface area contributed by atoms with Crippen LogP contribution >= 0.6 is 34.5 Å². The van der Waals surface area contributed by atoms with Gasteiger partial charge in [0.1, 0.15) is 0 Å². The Morgan fingerprint density at radius 2 is 1.96 bits per heavy atom. The Hall–Kier alpha value is -2.15. The number of aromatic hydroxyl groups is 1. The van der Waals surface area contributed by atoms with E-state index in [1.54, 1.807) is 6.92 Å². The summed E-state index contributed by atoms with van der Waals surface area (Å²) in [6.45, 7) is 1.92. The zero-order chi connectivity index (χ0) is 18.0. The van der Waals surface area contributed by atoms with Gasteiger partial charge < -0.3 is 9.84 Å². The quantitative estimate of drug-likeness (QED) is 0.499. The number of fused-ring (bicyclic) bond motifs is 1. The number of para-hydroxylation sites is 1. The largest absolute Gasteiger partial charge is 0.505 e. The summed E-state index contributed by atoms with van der Waals surface area (Å²) < 4.78 is 6.02. The maximum absolute atomic E-state index is 12.4. The van der Waals surface area contributed by atoms with Crippen LogP contribution < -0.4 is 0 Å². The molecule has 0 aliphatic rings. The van der Waals surface area contributed by atoms with Crippen molar-refractivity contribution in [1.29, 1.82) is 0 Å². The van der Waals surface area contributed by atoms with E-state index in [2.05, 4.69) is 9.98 Å². The standard InChI is InChI=1S/C17H12Cl2N2O3S/c1-2-24-17(23)14(16-21-12-5-3-4-6-13(12)25-16)20-9-7-10(18)15(22)11(19)8-9/h3-8,22H,2H2,1H3. The summed E-state index contributed by atoms with van der Waals surface area (Å²) in [5, 5.41) is 10.2. The van der Waals surface area contributed by atoms with Crippen LogP contribution in [-0.2, 0) is 9.53 Å². The number of halogens is 2. The van der Waals surface area contributed by atoms with Crippen LogP contribution in [0.5, 0.6) is 5.75 Å². The minimum absolute atomic E-state index is 0.0405. The van der Waals surface area contributed by atoms with E-state index in [9.17, 15) is 9.90 Å². The van der Waals surface area contributed by atoms with E-state index in [1.165, 1.54) is 23.5 Å². The average Bonchev–Trinajstić information content (AvgIpc) is 3.01. The predicted molar refractivity (Wildman–Crippen MR) is 101 cm³/mol. The average molecular weight is 395 g/mol. The summed E-state index contributed by atoms with van der Waals surface area (Å²) in [4.78, 5) is 21.1. The fraction of sp³-hybridized carbons (Fsp3) is 0.118. The molecule has 128 valence electrons. The van der Waals surface area contributed by atoms with Gasteiger partial charge in [0, 0.05) is 0 Å². The van der Waals surface area contributed by atoms with Crippen LogP contribution in [0, 0.1) is 0 Å². The number of esters is 1. The second-order valence-corrected chi connectivity index (χ2v) is 6.77. The smallest absolute Gasteiger partial charge is 0.360 e. The number of rotatable bonds is 4. The molecule has 3 rings (SSSR count). The highest BCUT2D eigenvalue weighted by Gasteiger charge is 2.20. The number of ether oxygens (including phenoxy) is 1. The molecule has 3 aromatic rings. The number of benzene rings is 2. The predicted octanol–water partition coefficient (Wildman–Crippen LogP) is 4.99. The summed E-state index contributed by atoms with van der Waals surface area (Å²) >= 11 is 13.2. The molecule has 2 aromatic carbocycles. The van der Waals surface area contributed by atoms with Crippen LogP contribution in [0.3, 0.4) is 0 Å². The highest BCUT2D eigenvalue weighted by atomic mass is 35.5. The molecule has 0 spiro atoms. The third-order valence-corrected chi connectivity index (χ3v) is 4.83. The molecule has 1 heterocycles. The van der Waals surface area contributed by atoms with Crippen molar-refractivity contribution in [2.24, 2.45) is 4.99 Å². The Kier molecular flexibility index (Phi) is 5.22. The Balaban J connectivity index is 2.13. The number of thiazole rings is 1. The number of aromatic nitrogens is 1. The van der Waals surface area contributed by atoms with Crippen molar-refractivity contribution < 1.29 is 14.6 Å². The molecule has 0 radical (unpaired) electrons. The zero-order valence-corrected chi connectivity index (χ0v) is 15.3. The first-order chi connectivity index (χ1) is 12.0. The number of phenolic OH excluding ortho intramolecular Hbond substituents is 1. The van der Waals surface area contributed by atoms with Crippen molar-refractivity contribution in [3.05, 3.63) is 51.5 Å². The van der Waals surface area contributed by atoms with Crippen molar-refractivity contribution in [2.75, 3.05) is 6.61 Å². The van der Waals surface area contributed by atoms with E-state index >= 15 is 0 Å². The van der Waals surface area contributed by atoms with Gasteiger partial charge in [-0.2, -0.15) is 0 Å². The molecular formula is C17H12Cl2N2O3S. The van der Waals surface area contributed by atoms with Gasteiger partial charge in [-0.05, 0) is 31.2 Å². The van der Waals surface area contributed by atoms with Gasteiger partial charge in [-0.25, -0.2) is 14.8 Å². The zero-order valence-electron chi connectivity index (χ0n) is 13.0. The van der Waals surface area contributed by atoms with Gasteiger partial charge in [-0.15, -0.1) is 11.3 Å². The van der Waals surface area contributed by atoms with E-state index < -0.39 is 5.97 Å². The Bertz CT molecular complexity index is 929. The topological polar surface area (TPSA) is 71.8 Å². The molecule has 0 unspecified atom stereocenters. The fourth-order valence-corrected chi connectivity index (χ4v) is 3.52. The molecule has 0 fully saturated rings. The summed E-state index contributed by atoms with van der Waals surface area (Å²) in [5.74, 6) is -0.832. The molecule has 0 amide bonds. The van der Waals surface area contributed by atoms with E-state index in [4.69, 9.17) is 27.9 Å². The first kappa shape index (κ1) is 17.7. The second kappa shape index (κ2) is 7.39. The third kappa shape index (κ3) is 3.76. The van der Waals surface area contributed by atoms with Crippen molar-refractivity contribution in [3.8, 4) is 5.75 Å². The van der Waals surface area contributed by atoms with Crippen LogP contribution in [0.4, 0.5) is 5.69 Å². The summed E-state index contributed by atoms with van der Waals surface area (Å²) in [7, 11) is 0. The van der Waals surface area contributed by atoms with Crippen molar-refractivity contribution >= 4 is 62.1 Å². The highest BCUT2D eigenvalue weighted by molar-refractivity contribution is 7.21. The molecule has 1 N–H and O–H groups in total. The Labute approximate surface area is 157 Å². The molecular weight excluding hydrogens is 383 g/mol. The molecule has 0 atom stereocenters. The monoisotopic (exact) mass is 394 g/mol. The molecule has 0 aliphatic heterocycles. The summed E-state index contributed by atoms with van der Waals surface area (Å²) in [5.41, 5.74) is 1.14. The minimum Gasteiger partial charge on any atom is -0.505 e. The first-order valence-electron chi connectivity index (χ1n) is 7.29. The number of hydrogen-bond donors (Lipinski definition) is 1. The number of carbonyl (C=O) groups excluding carboxylic acids is 1. The van der Waals surface area contributed by atoms with Crippen molar-refractivity contribution in [2.45, 2.75) is 6.92 Å². The van der Waals surface area contributed by atoms with Crippen LogP contribution in [-0.4, -0.2) is 28.4 Å². The lowest BCUT2D eigenvalue weighted by atomic mass is 10.3. The van der Waals surface area contributed by atoms with Gasteiger partial charge >= 0.3 is 5.97 Å². The van der Waals surface area contributed by atoms with Gasteiger partial charge in [0.25, 0.3) is 0 Å². The number of aliphatic imine (C=N–C) groups is 1. The lowest BCUT2D eigenvalue weighted by Gasteiger charge is -2.05. The van der Waals surface area contributed by atoms with Crippen LogP contribution in [0.25, 0.3) is 10.2 Å². The van der Waals surface area contributed by atoms with Crippen molar-refractivity contribution in [1.82, 2.24) is 4.98 Å². The Morgan fingerprint density at radius 3 is 2.60 bits per heavy atom. The maximum atomic E-state index is 12.4. The van der Waals surface area contributed by atoms with E-state index in [0.29, 0.717) is 10.7 Å². The van der Waals surface area contributed by atoms with Crippen LogP contribution in [0.2, 0.25) is 10.0 Å². The number of hydrogen-bond acceptors (Lipinski definition) is 6. The van der Waals surface area contributed by atoms with Gasteiger partial charge in [0.2, 0.25) is 0 Å². The van der Waals surface area contributed by atoms with E-state index in [-0.39, 0.29) is 28.1 Å². The normalized spacial score (nSPS) is 11.7. The van der Waals surface area contributed by atoms with Crippen LogP contribution in [0.1, 0.15) is 11.9 Å². The van der Waals surface area contributed by atoms with Crippen molar-refractivity contribution in [3.63, 3.8) is 0 Å². The second-order valence-electron chi connectivity index (χ2n) is 4.93. The van der Waals surface area contributed by atoms with Gasteiger partial charge in [-0.1, -0.05) is 35.3 Å². The molecule has 1 aromatic heterocycles. The number of nitrogens with zero attached hydrogens (tertiary/aromatic N) is 2. The highest BCUT2D eigenvalue weighted by Crippen LogP contribution is 2.36. The number of phenols is 1. The maximum Gasteiger partial charge on any atom is 0.360 e. The molecule has 25 heavy (non-hydrogen) atoms.